The van der Waals surface area contributed by atoms with E-state index in [-0.39, 0.29) is 23.1 Å². The molecule has 1 aromatic rings. The van der Waals surface area contributed by atoms with Gasteiger partial charge in [-0.2, -0.15) is 16.7 Å². The van der Waals surface area contributed by atoms with E-state index in [1.807, 2.05) is 6.26 Å². The molecule has 0 aliphatic carbocycles. The zero-order chi connectivity index (χ0) is 12.1. The van der Waals surface area contributed by atoms with E-state index >= 15 is 0 Å². The van der Waals surface area contributed by atoms with Crippen LogP contribution in [0.2, 0.25) is 0 Å². The summed E-state index contributed by atoms with van der Waals surface area (Å²) in [5.41, 5.74) is 5.59. The number of nitrogens with two attached hydrogens (primary N) is 1. The van der Waals surface area contributed by atoms with Gasteiger partial charge < -0.3 is 11.1 Å². The summed E-state index contributed by atoms with van der Waals surface area (Å²) in [7, 11) is 0. The first-order chi connectivity index (χ1) is 7.56. The molecule has 88 valence electrons. The molecule has 0 saturated heterocycles. The summed E-state index contributed by atoms with van der Waals surface area (Å²) in [4.78, 5) is 17.9. The first-order valence-corrected chi connectivity index (χ1v) is 5.97. The van der Waals surface area contributed by atoms with Gasteiger partial charge in [0.05, 0.1) is 4.92 Å². The Morgan fingerprint density at radius 1 is 1.56 bits per heavy atom. The van der Waals surface area contributed by atoms with Gasteiger partial charge in [0, 0.05) is 12.3 Å². The zero-order valence-electron chi connectivity index (χ0n) is 9.06. The number of aromatic nitrogens is 2. The van der Waals surface area contributed by atoms with E-state index in [0.717, 1.165) is 5.75 Å². The minimum Gasteiger partial charge on any atom is -0.368 e. The molecule has 0 radical (unpaired) electrons. The molecular weight excluding hydrogens is 230 g/mol. The van der Waals surface area contributed by atoms with Crippen LogP contribution in [0, 0.1) is 17.0 Å². The van der Waals surface area contributed by atoms with Crippen LogP contribution in [0.1, 0.15) is 5.69 Å². The van der Waals surface area contributed by atoms with E-state index in [1.165, 1.54) is 6.92 Å². The molecule has 0 aromatic carbocycles. The minimum atomic E-state index is -0.504. The van der Waals surface area contributed by atoms with Crippen LogP contribution in [0.15, 0.2) is 0 Å². The van der Waals surface area contributed by atoms with Gasteiger partial charge in [-0.25, -0.2) is 4.98 Å². The van der Waals surface area contributed by atoms with E-state index in [9.17, 15) is 10.1 Å². The van der Waals surface area contributed by atoms with Crippen molar-refractivity contribution >= 4 is 29.2 Å². The maximum Gasteiger partial charge on any atom is 0.332 e. The smallest absolute Gasteiger partial charge is 0.332 e. The first-order valence-electron chi connectivity index (χ1n) is 4.57. The molecule has 0 spiro atoms. The highest BCUT2D eigenvalue weighted by Crippen LogP contribution is 2.25. The van der Waals surface area contributed by atoms with Crippen molar-refractivity contribution < 1.29 is 4.92 Å². The first kappa shape index (κ1) is 12.5. The summed E-state index contributed by atoms with van der Waals surface area (Å²) in [6.45, 7) is 2.13. The Morgan fingerprint density at radius 2 is 2.25 bits per heavy atom. The number of hydrogen-bond acceptors (Lipinski definition) is 7. The highest BCUT2D eigenvalue weighted by atomic mass is 32.2. The van der Waals surface area contributed by atoms with Gasteiger partial charge in [-0.3, -0.25) is 10.1 Å². The fourth-order valence-electron chi connectivity index (χ4n) is 1.20. The molecule has 0 aliphatic rings. The largest absolute Gasteiger partial charge is 0.368 e. The van der Waals surface area contributed by atoms with Crippen molar-refractivity contribution in [3.05, 3.63) is 15.8 Å². The maximum absolute atomic E-state index is 10.8. The van der Waals surface area contributed by atoms with Gasteiger partial charge in [-0.15, -0.1) is 0 Å². The van der Waals surface area contributed by atoms with Crippen molar-refractivity contribution in [2.75, 3.05) is 29.6 Å². The quantitative estimate of drug-likeness (QED) is 0.452. The molecule has 0 fully saturated rings. The lowest BCUT2D eigenvalue weighted by Crippen LogP contribution is -2.11. The molecule has 0 bridgehead atoms. The van der Waals surface area contributed by atoms with E-state index in [2.05, 4.69) is 15.3 Å². The lowest BCUT2D eigenvalue weighted by molar-refractivity contribution is -0.385. The number of thioether (sulfide) groups is 1. The van der Waals surface area contributed by atoms with Crippen LogP contribution < -0.4 is 11.1 Å². The van der Waals surface area contributed by atoms with Crippen LogP contribution in [-0.2, 0) is 0 Å². The number of nitrogen functional groups attached to an aromatic ring is 1. The highest BCUT2D eigenvalue weighted by molar-refractivity contribution is 7.98. The van der Waals surface area contributed by atoms with E-state index in [1.54, 1.807) is 11.8 Å². The molecule has 0 saturated carbocycles. The van der Waals surface area contributed by atoms with Crippen LogP contribution in [0.3, 0.4) is 0 Å². The average molecular weight is 243 g/mol. The van der Waals surface area contributed by atoms with E-state index in [0.29, 0.717) is 6.54 Å². The summed E-state index contributed by atoms with van der Waals surface area (Å²) >= 11 is 1.64. The minimum absolute atomic E-state index is 0.0368. The monoisotopic (exact) mass is 243 g/mol. The molecule has 3 N–H and O–H groups in total. The normalized spacial score (nSPS) is 10.1. The van der Waals surface area contributed by atoms with Crippen LogP contribution in [0.5, 0.6) is 0 Å². The summed E-state index contributed by atoms with van der Waals surface area (Å²) in [5.74, 6) is 1.05. The fraction of sp³-hybridized carbons (Fsp3) is 0.500. The second-order valence-electron chi connectivity index (χ2n) is 3.04. The van der Waals surface area contributed by atoms with Crippen LogP contribution in [0.4, 0.5) is 17.5 Å². The Bertz CT molecular complexity index is 398. The van der Waals surface area contributed by atoms with Gasteiger partial charge >= 0.3 is 5.69 Å². The lowest BCUT2D eigenvalue weighted by atomic mass is 10.3. The van der Waals surface area contributed by atoms with Crippen molar-refractivity contribution in [2.45, 2.75) is 6.92 Å². The number of nitrogens with one attached hydrogen (secondary N) is 1. The highest BCUT2D eigenvalue weighted by Gasteiger charge is 2.20. The average Bonchev–Trinajstić information content (AvgIpc) is 2.16. The molecular formula is C8H13N5O2S. The van der Waals surface area contributed by atoms with Crippen molar-refractivity contribution in [1.29, 1.82) is 0 Å². The number of hydrogen-bond donors (Lipinski definition) is 2. The predicted molar refractivity (Wildman–Crippen MR) is 64.7 cm³/mol. The van der Waals surface area contributed by atoms with Gasteiger partial charge in [0.2, 0.25) is 11.8 Å². The Hall–Kier alpha value is -1.57. The second-order valence-corrected chi connectivity index (χ2v) is 4.03. The number of nitro groups is 1. The SMILES string of the molecule is CSCCNc1nc(N)nc(C)c1[N+](=O)[O-]. The Morgan fingerprint density at radius 3 is 2.81 bits per heavy atom. The van der Waals surface area contributed by atoms with Crippen molar-refractivity contribution in [1.82, 2.24) is 9.97 Å². The summed E-state index contributed by atoms with van der Waals surface area (Å²) < 4.78 is 0. The van der Waals surface area contributed by atoms with Crippen LogP contribution in [0.25, 0.3) is 0 Å². The molecule has 0 amide bonds. The van der Waals surface area contributed by atoms with E-state index < -0.39 is 4.92 Å². The molecule has 1 rings (SSSR count). The third-order valence-corrected chi connectivity index (χ3v) is 2.47. The summed E-state index contributed by atoms with van der Waals surface area (Å²) in [5, 5.41) is 13.7. The third kappa shape index (κ3) is 2.96. The Labute approximate surface area is 97.0 Å². The molecule has 7 nitrogen and oxygen atoms in total. The molecule has 0 atom stereocenters. The maximum atomic E-state index is 10.8. The van der Waals surface area contributed by atoms with Gasteiger partial charge in [0.15, 0.2) is 0 Å². The summed E-state index contributed by atoms with van der Waals surface area (Å²) in [6, 6.07) is 0. The predicted octanol–water partition coefficient (Wildman–Crippen LogP) is 1.05. The number of nitrogens with zero attached hydrogens (tertiary/aromatic N) is 3. The fourth-order valence-corrected chi connectivity index (χ4v) is 1.51. The van der Waals surface area contributed by atoms with Crippen molar-refractivity contribution in [3.8, 4) is 0 Å². The molecule has 0 unspecified atom stereocenters. The van der Waals surface area contributed by atoms with Gasteiger partial charge in [-0.05, 0) is 13.2 Å². The van der Waals surface area contributed by atoms with Gasteiger partial charge in [-0.1, -0.05) is 0 Å². The molecule has 0 aliphatic heterocycles. The topological polar surface area (TPSA) is 107 Å². The molecule has 1 heterocycles. The number of anilines is 2. The zero-order valence-corrected chi connectivity index (χ0v) is 9.87. The van der Waals surface area contributed by atoms with Gasteiger partial charge in [0.1, 0.15) is 5.69 Å². The summed E-state index contributed by atoms with van der Waals surface area (Å²) in [6.07, 6.45) is 1.95. The molecule has 16 heavy (non-hydrogen) atoms. The lowest BCUT2D eigenvalue weighted by Gasteiger charge is -2.07. The number of rotatable bonds is 5. The Kier molecular flexibility index (Phi) is 4.29. The van der Waals surface area contributed by atoms with Crippen LogP contribution >= 0.6 is 11.8 Å². The van der Waals surface area contributed by atoms with E-state index in [4.69, 9.17) is 5.73 Å². The Balaban J connectivity index is 2.99. The molecule has 1 aromatic heterocycles. The second kappa shape index (κ2) is 5.50. The third-order valence-electron chi connectivity index (χ3n) is 1.86. The molecule has 8 heteroatoms. The van der Waals surface area contributed by atoms with Crippen molar-refractivity contribution in [2.24, 2.45) is 0 Å². The van der Waals surface area contributed by atoms with Crippen molar-refractivity contribution in [3.63, 3.8) is 0 Å². The number of aryl methyl sites for hydroxylation is 1. The van der Waals surface area contributed by atoms with Gasteiger partial charge in [0.25, 0.3) is 0 Å². The standard InChI is InChI=1S/C8H13N5O2S/c1-5-6(13(14)15)7(10-3-4-16-2)12-8(9)11-5/h3-4H2,1-2H3,(H3,9,10,11,12). The van der Waals surface area contributed by atoms with Crippen LogP contribution in [-0.4, -0.2) is 33.4 Å².